The Labute approximate surface area is 293 Å². The van der Waals surface area contributed by atoms with Crippen molar-refractivity contribution in [3.8, 4) is 5.75 Å². The maximum Gasteiger partial charge on any atom is 0.416 e. The van der Waals surface area contributed by atoms with Crippen LogP contribution in [-0.4, -0.2) is 74.7 Å². The zero-order valence-electron chi connectivity index (χ0n) is 28.8. The lowest BCUT2D eigenvalue weighted by atomic mass is 9.89. The second-order valence-corrected chi connectivity index (χ2v) is 13.6. The van der Waals surface area contributed by atoms with Crippen molar-refractivity contribution in [2.24, 2.45) is 11.8 Å². The minimum Gasteiger partial charge on any atom is -0.491 e. The summed E-state index contributed by atoms with van der Waals surface area (Å²) in [6, 6.07) is 4.85. The van der Waals surface area contributed by atoms with Gasteiger partial charge in [0, 0.05) is 38.6 Å². The number of ether oxygens (including phenoxy) is 7. The number of unbranched alkanes of at least 4 members (excludes halogenated alkanes) is 1. The summed E-state index contributed by atoms with van der Waals surface area (Å²) < 4.78 is 83.6. The summed E-state index contributed by atoms with van der Waals surface area (Å²) in [4.78, 5) is 11.0. The van der Waals surface area contributed by atoms with E-state index in [-0.39, 0.29) is 55.4 Å². The molecular weight excluding hydrogens is 657 g/mol. The highest BCUT2D eigenvalue weighted by Gasteiger charge is 2.45. The molecule has 4 fully saturated rings. The average molecular weight is 711 g/mol. The van der Waals surface area contributed by atoms with Gasteiger partial charge in [-0.1, -0.05) is 30.4 Å². The van der Waals surface area contributed by atoms with E-state index in [1.165, 1.54) is 12.1 Å². The topological polar surface area (TPSA) is 102 Å². The van der Waals surface area contributed by atoms with Crippen molar-refractivity contribution in [1.82, 2.24) is 0 Å². The SMILES string of the molecule is O=C(O)CCC/C=C\C[C@@H]1[C@@H](/C=C/[C@@H](COc2cccc(C(F)(F)F)c2)OC2CCCCO2)[C@H](OC2CCCCO2)C[C@@H]1OC1CCCCO1. The predicted molar refractivity (Wildman–Crippen MR) is 178 cm³/mol. The Hall–Kier alpha value is -2.48. The molecule has 0 amide bonds. The Morgan fingerprint density at radius 2 is 1.56 bits per heavy atom. The van der Waals surface area contributed by atoms with Crippen LogP contribution in [-0.2, 0) is 39.4 Å². The molecule has 1 saturated carbocycles. The van der Waals surface area contributed by atoms with Gasteiger partial charge in [-0.2, -0.15) is 13.2 Å². The Kier molecular flexibility index (Phi) is 15.5. The van der Waals surface area contributed by atoms with Crippen LogP contribution in [0.3, 0.4) is 0 Å². The maximum absolute atomic E-state index is 13.4. The van der Waals surface area contributed by atoms with Crippen molar-refractivity contribution >= 4 is 5.97 Å². The van der Waals surface area contributed by atoms with Crippen LogP contribution in [0.5, 0.6) is 5.75 Å². The summed E-state index contributed by atoms with van der Waals surface area (Å²) in [7, 11) is 0. The summed E-state index contributed by atoms with van der Waals surface area (Å²) in [5.41, 5.74) is -0.777. The first-order chi connectivity index (χ1) is 24.2. The summed E-state index contributed by atoms with van der Waals surface area (Å²) in [6.45, 7) is 1.89. The number of carboxylic acid groups (broad SMARTS) is 1. The second-order valence-electron chi connectivity index (χ2n) is 13.6. The summed E-state index contributed by atoms with van der Waals surface area (Å²) in [6.07, 6.45) is 12.7. The molecule has 280 valence electrons. The molecule has 3 unspecified atom stereocenters. The van der Waals surface area contributed by atoms with Crippen molar-refractivity contribution < 1.29 is 56.2 Å². The highest BCUT2D eigenvalue weighted by Crippen LogP contribution is 2.42. The van der Waals surface area contributed by atoms with E-state index in [1.54, 1.807) is 0 Å². The van der Waals surface area contributed by atoms with Crippen LogP contribution in [0.2, 0.25) is 0 Å². The lowest BCUT2D eigenvalue weighted by molar-refractivity contribution is -0.203. The van der Waals surface area contributed by atoms with Gasteiger partial charge in [0.2, 0.25) is 0 Å². The molecule has 9 nitrogen and oxygen atoms in total. The lowest BCUT2D eigenvalue weighted by Gasteiger charge is -2.30. The number of hydrogen-bond donors (Lipinski definition) is 1. The van der Waals surface area contributed by atoms with Gasteiger partial charge in [0.05, 0.1) is 17.8 Å². The van der Waals surface area contributed by atoms with Gasteiger partial charge in [0.15, 0.2) is 18.9 Å². The average Bonchev–Trinajstić information content (AvgIpc) is 3.42. The molecule has 50 heavy (non-hydrogen) atoms. The highest BCUT2D eigenvalue weighted by molar-refractivity contribution is 5.66. The quantitative estimate of drug-likeness (QED) is 0.127. The minimum absolute atomic E-state index is 0.00829. The number of allylic oxidation sites excluding steroid dienone is 2. The molecule has 8 atom stereocenters. The monoisotopic (exact) mass is 710 g/mol. The van der Waals surface area contributed by atoms with Crippen molar-refractivity contribution in [3.05, 3.63) is 54.1 Å². The van der Waals surface area contributed by atoms with Gasteiger partial charge in [0.1, 0.15) is 18.5 Å². The van der Waals surface area contributed by atoms with Crippen LogP contribution < -0.4 is 4.74 Å². The van der Waals surface area contributed by atoms with Crippen LogP contribution in [0.15, 0.2) is 48.6 Å². The number of benzene rings is 1. The van der Waals surface area contributed by atoms with Gasteiger partial charge in [0.25, 0.3) is 0 Å². The maximum atomic E-state index is 13.4. The van der Waals surface area contributed by atoms with Gasteiger partial charge >= 0.3 is 12.1 Å². The van der Waals surface area contributed by atoms with Crippen LogP contribution in [0.1, 0.15) is 95.5 Å². The number of halogens is 3. The number of aliphatic carboxylic acids is 1. The third-order valence-corrected chi connectivity index (χ3v) is 9.72. The van der Waals surface area contributed by atoms with Gasteiger partial charge in [-0.3, -0.25) is 4.79 Å². The van der Waals surface area contributed by atoms with E-state index in [4.69, 9.17) is 38.3 Å². The Morgan fingerprint density at radius 3 is 2.18 bits per heavy atom. The largest absolute Gasteiger partial charge is 0.491 e. The van der Waals surface area contributed by atoms with Gasteiger partial charge in [-0.25, -0.2) is 0 Å². The second kappa shape index (κ2) is 19.9. The highest BCUT2D eigenvalue weighted by atomic mass is 19.4. The fraction of sp³-hybridized carbons (Fsp3) is 0.711. The molecule has 1 aromatic carbocycles. The smallest absolute Gasteiger partial charge is 0.416 e. The Bertz CT molecular complexity index is 1210. The van der Waals surface area contributed by atoms with Crippen molar-refractivity contribution in [1.29, 1.82) is 0 Å². The molecule has 1 aromatic rings. The van der Waals surface area contributed by atoms with E-state index in [0.717, 1.165) is 63.5 Å². The standard InChI is InChI=1S/C38H53F3O9/c39-38(40,41)27-12-11-13-28(24-27)47-26-29(48-35-16-5-8-21-44-35)19-20-31-30(14-3-1-2-4-15-34(42)43)32(49-36-17-6-9-22-45-36)25-33(31)50-37-18-7-10-23-46-37/h1,3,11-13,19-20,24,29-33,35-37H,2,4-10,14-18,21-23,25-26H2,(H,42,43)/b3-1-,20-19+/t29-,30+,31+,32-,33+,35?,36?,37?/m0/s1. The Morgan fingerprint density at radius 1 is 0.900 bits per heavy atom. The molecule has 12 heteroatoms. The molecule has 0 aromatic heterocycles. The predicted octanol–water partition coefficient (Wildman–Crippen LogP) is 8.21. The Balaban J connectivity index is 1.36. The number of hydrogen-bond acceptors (Lipinski definition) is 8. The fourth-order valence-corrected chi connectivity index (χ4v) is 7.08. The van der Waals surface area contributed by atoms with Crippen molar-refractivity contribution in [2.75, 3.05) is 26.4 Å². The number of alkyl halides is 3. The van der Waals surface area contributed by atoms with E-state index in [2.05, 4.69) is 12.2 Å². The molecule has 0 spiro atoms. The van der Waals surface area contributed by atoms with E-state index < -0.39 is 30.1 Å². The summed E-state index contributed by atoms with van der Waals surface area (Å²) in [5, 5.41) is 9.03. The molecule has 1 N–H and O–H groups in total. The zero-order chi connectivity index (χ0) is 35.2. The van der Waals surface area contributed by atoms with Gasteiger partial charge in [-0.05, 0) is 101 Å². The van der Waals surface area contributed by atoms with Crippen LogP contribution >= 0.6 is 0 Å². The molecular formula is C38H53F3O9. The summed E-state index contributed by atoms with van der Waals surface area (Å²) >= 11 is 0. The number of rotatable bonds is 17. The molecule has 5 rings (SSSR count). The van der Waals surface area contributed by atoms with Crippen LogP contribution in [0.4, 0.5) is 13.2 Å². The summed E-state index contributed by atoms with van der Waals surface area (Å²) in [5.74, 6) is -0.797. The molecule has 3 aliphatic heterocycles. The van der Waals surface area contributed by atoms with E-state index in [1.807, 2.05) is 12.2 Å². The lowest BCUT2D eigenvalue weighted by Crippen LogP contribution is -2.32. The minimum atomic E-state index is -4.48. The molecule has 0 radical (unpaired) electrons. The third-order valence-electron chi connectivity index (χ3n) is 9.72. The first kappa shape index (κ1) is 38.7. The molecule has 3 heterocycles. The van der Waals surface area contributed by atoms with Crippen molar-refractivity contribution in [2.45, 2.75) is 133 Å². The number of carboxylic acids is 1. The van der Waals surface area contributed by atoms with E-state index in [0.29, 0.717) is 51.9 Å². The first-order valence-electron chi connectivity index (χ1n) is 18.4. The van der Waals surface area contributed by atoms with E-state index >= 15 is 0 Å². The first-order valence-corrected chi connectivity index (χ1v) is 18.4. The van der Waals surface area contributed by atoms with Gasteiger partial charge in [-0.15, -0.1) is 0 Å². The molecule has 0 bridgehead atoms. The normalized spacial score (nSPS) is 30.2. The van der Waals surface area contributed by atoms with Crippen LogP contribution in [0.25, 0.3) is 0 Å². The van der Waals surface area contributed by atoms with E-state index in [9.17, 15) is 18.0 Å². The molecule has 4 aliphatic rings. The van der Waals surface area contributed by atoms with Crippen molar-refractivity contribution in [3.63, 3.8) is 0 Å². The number of carbonyl (C=O) groups is 1. The molecule has 3 saturated heterocycles. The third kappa shape index (κ3) is 12.6. The fourth-order valence-electron chi connectivity index (χ4n) is 7.08. The zero-order valence-corrected chi connectivity index (χ0v) is 28.8. The van der Waals surface area contributed by atoms with Gasteiger partial charge < -0.3 is 38.3 Å². The van der Waals surface area contributed by atoms with Crippen LogP contribution in [0, 0.1) is 11.8 Å². The molecule has 1 aliphatic carbocycles.